The van der Waals surface area contributed by atoms with Gasteiger partial charge in [0.15, 0.2) is 5.78 Å². The number of ketones is 1. The van der Waals surface area contributed by atoms with E-state index in [1.807, 2.05) is 6.07 Å². The Morgan fingerprint density at radius 1 is 1.43 bits per heavy atom. The van der Waals surface area contributed by atoms with Crippen LogP contribution < -0.4 is 4.90 Å². The fraction of sp³-hybridized carbons (Fsp3) is 0.533. The molecule has 0 radical (unpaired) electrons. The Morgan fingerprint density at radius 2 is 2.24 bits per heavy atom. The zero-order valence-electron chi connectivity index (χ0n) is 11.9. The highest BCUT2D eigenvalue weighted by atomic mass is 16.6. The molecule has 21 heavy (non-hydrogen) atoms. The van der Waals surface area contributed by atoms with E-state index in [0.717, 1.165) is 31.5 Å². The van der Waals surface area contributed by atoms with E-state index in [0.29, 0.717) is 12.6 Å². The van der Waals surface area contributed by atoms with Gasteiger partial charge in [0.05, 0.1) is 29.2 Å². The molecule has 1 aliphatic carbocycles. The smallest absolute Gasteiger partial charge is 0.282 e. The summed E-state index contributed by atoms with van der Waals surface area (Å²) in [7, 11) is 0. The number of hydrogen-bond acceptors (Lipinski definition) is 5. The molecule has 1 aromatic carbocycles. The molecule has 0 N–H and O–H groups in total. The number of anilines is 1. The summed E-state index contributed by atoms with van der Waals surface area (Å²) in [6, 6.07) is 5.19. The average Bonchev–Trinajstić information content (AvgIpc) is 2.94. The summed E-state index contributed by atoms with van der Waals surface area (Å²) < 4.78 is 5.76. The van der Waals surface area contributed by atoms with Crippen LogP contribution in [0, 0.1) is 10.1 Å². The minimum atomic E-state index is -0.479. The van der Waals surface area contributed by atoms with Crippen molar-refractivity contribution in [3.63, 3.8) is 0 Å². The first-order valence-corrected chi connectivity index (χ1v) is 7.25. The second kappa shape index (κ2) is 5.44. The number of hydrogen-bond donors (Lipinski definition) is 0. The van der Waals surface area contributed by atoms with Crippen molar-refractivity contribution in [3.05, 3.63) is 33.9 Å². The van der Waals surface area contributed by atoms with Crippen LogP contribution in [0.2, 0.25) is 0 Å². The fourth-order valence-electron chi connectivity index (χ4n) is 3.39. The zero-order chi connectivity index (χ0) is 15.0. The van der Waals surface area contributed by atoms with Gasteiger partial charge in [0.2, 0.25) is 0 Å². The minimum absolute atomic E-state index is 0.110. The van der Waals surface area contributed by atoms with Crippen LogP contribution in [0.5, 0.6) is 0 Å². The van der Waals surface area contributed by atoms with Gasteiger partial charge in [-0.2, -0.15) is 0 Å². The van der Waals surface area contributed by atoms with E-state index in [1.165, 1.54) is 13.0 Å². The second-order valence-electron chi connectivity index (χ2n) is 5.62. The Labute approximate surface area is 122 Å². The van der Waals surface area contributed by atoms with Gasteiger partial charge in [-0.15, -0.1) is 0 Å². The molecule has 0 aromatic heterocycles. The van der Waals surface area contributed by atoms with Crippen molar-refractivity contribution in [1.82, 2.24) is 0 Å². The van der Waals surface area contributed by atoms with Crippen molar-refractivity contribution >= 4 is 17.2 Å². The van der Waals surface area contributed by atoms with E-state index in [1.54, 1.807) is 6.07 Å². The molecule has 0 amide bonds. The van der Waals surface area contributed by atoms with Crippen molar-refractivity contribution in [2.75, 3.05) is 18.1 Å². The maximum atomic E-state index is 11.5. The van der Waals surface area contributed by atoms with E-state index in [4.69, 9.17) is 4.74 Å². The van der Waals surface area contributed by atoms with E-state index in [2.05, 4.69) is 4.90 Å². The molecule has 1 aliphatic heterocycles. The largest absolute Gasteiger partial charge is 0.374 e. The van der Waals surface area contributed by atoms with Gasteiger partial charge in [-0.25, -0.2) is 0 Å². The molecule has 0 bridgehead atoms. The van der Waals surface area contributed by atoms with Crippen LogP contribution in [0.1, 0.15) is 36.5 Å². The Kier molecular flexibility index (Phi) is 3.63. The number of rotatable bonds is 3. The van der Waals surface area contributed by atoms with Crippen molar-refractivity contribution in [2.45, 2.75) is 38.3 Å². The first-order chi connectivity index (χ1) is 10.1. The topological polar surface area (TPSA) is 72.7 Å². The Morgan fingerprint density at radius 3 is 2.95 bits per heavy atom. The summed E-state index contributed by atoms with van der Waals surface area (Å²) in [4.78, 5) is 24.4. The van der Waals surface area contributed by atoms with Gasteiger partial charge in [-0.3, -0.25) is 14.9 Å². The van der Waals surface area contributed by atoms with Crippen LogP contribution in [0.25, 0.3) is 0 Å². The van der Waals surface area contributed by atoms with E-state index in [9.17, 15) is 14.9 Å². The molecule has 2 atom stereocenters. The molecule has 2 unspecified atom stereocenters. The highest BCUT2D eigenvalue weighted by molar-refractivity contribution is 5.98. The van der Waals surface area contributed by atoms with Gasteiger partial charge in [0, 0.05) is 18.3 Å². The van der Waals surface area contributed by atoms with Gasteiger partial charge in [-0.05, 0) is 38.3 Å². The highest BCUT2D eigenvalue weighted by Gasteiger charge is 2.36. The number of carbonyl (C=O) groups excluding carboxylic acids is 1. The molecule has 112 valence electrons. The number of nitro groups is 1. The van der Waals surface area contributed by atoms with Crippen molar-refractivity contribution in [3.8, 4) is 0 Å². The quantitative estimate of drug-likeness (QED) is 0.486. The Bertz CT molecular complexity index is 587. The minimum Gasteiger partial charge on any atom is -0.374 e. The van der Waals surface area contributed by atoms with Crippen molar-refractivity contribution in [1.29, 1.82) is 0 Å². The first kappa shape index (κ1) is 14.0. The Balaban J connectivity index is 1.96. The third-order valence-electron chi connectivity index (χ3n) is 4.37. The molecule has 1 saturated heterocycles. The predicted molar refractivity (Wildman–Crippen MR) is 77.8 cm³/mol. The number of fused-ring (bicyclic) bond motifs is 1. The average molecular weight is 290 g/mol. The third-order valence-corrected chi connectivity index (χ3v) is 4.37. The van der Waals surface area contributed by atoms with Crippen LogP contribution in [-0.4, -0.2) is 36.0 Å². The Hall–Kier alpha value is -1.95. The molecule has 1 heterocycles. The molecular formula is C15H18N2O4. The lowest BCUT2D eigenvalue weighted by Gasteiger charge is -2.39. The number of nitrogens with zero attached hydrogens (tertiary/aromatic N) is 2. The number of Topliss-reactive ketones (excluding diaryl/α,β-unsaturated/α-hetero) is 1. The summed E-state index contributed by atoms with van der Waals surface area (Å²) in [5.74, 6) is -0.283. The van der Waals surface area contributed by atoms with Crippen LogP contribution in [0.15, 0.2) is 18.2 Å². The standard InChI is InChI=1S/C15H18N2O4/c1-10(18)12-6-5-11(9-14(12)17(19)20)16-7-8-21-15-4-2-3-13(15)16/h5-6,9,13,15H,2-4,7-8H2,1H3. The molecule has 2 aliphatic rings. The molecule has 1 saturated carbocycles. The summed E-state index contributed by atoms with van der Waals surface area (Å²) >= 11 is 0. The molecule has 6 nitrogen and oxygen atoms in total. The summed E-state index contributed by atoms with van der Waals surface area (Å²) in [6.45, 7) is 2.73. The van der Waals surface area contributed by atoms with Crippen LogP contribution in [0.4, 0.5) is 11.4 Å². The van der Waals surface area contributed by atoms with E-state index in [-0.39, 0.29) is 23.1 Å². The maximum absolute atomic E-state index is 11.5. The second-order valence-corrected chi connectivity index (χ2v) is 5.62. The molecule has 3 rings (SSSR count). The number of benzene rings is 1. The molecule has 2 fully saturated rings. The summed E-state index contributed by atoms with van der Waals surface area (Å²) in [6.07, 6.45) is 3.45. The fourth-order valence-corrected chi connectivity index (χ4v) is 3.39. The highest BCUT2D eigenvalue weighted by Crippen LogP contribution is 2.35. The lowest BCUT2D eigenvalue weighted by atomic mass is 10.1. The van der Waals surface area contributed by atoms with Crippen molar-refractivity contribution in [2.24, 2.45) is 0 Å². The zero-order valence-corrected chi connectivity index (χ0v) is 11.9. The number of ether oxygens (including phenoxy) is 1. The maximum Gasteiger partial charge on any atom is 0.282 e. The van der Waals surface area contributed by atoms with Gasteiger partial charge in [-0.1, -0.05) is 0 Å². The number of nitro benzene ring substituents is 1. The van der Waals surface area contributed by atoms with Gasteiger partial charge < -0.3 is 9.64 Å². The van der Waals surface area contributed by atoms with Crippen LogP contribution in [0.3, 0.4) is 0 Å². The number of carbonyl (C=O) groups is 1. The lowest BCUT2D eigenvalue weighted by Crippen LogP contribution is -2.48. The van der Waals surface area contributed by atoms with Gasteiger partial charge in [0.1, 0.15) is 0 Å². The lowest BCUT2D eigenvalue weighted by molar-refractivity contribution is -0.385. The number of morpholine rings is 1. The van der Waals surface area contributed by atoms with Crippen molar-refractivity contribution < 1.29 is 14.5 Å². The SMILES string of the molecule is CC(=O)c1ccc(N2CCOC3CCCC32)cc1[N+](=O)[O-]. The first-order valence-electron chi connectivity index (χ1n) is 7.25. The van der Waals surface area contributed by atoms with E-state index >= 15 is 0 Å². The monoisotopic (exact) mass is 290 g/mol. The predicted octanol–water partition coefficient (Wildman–Crippen LogP) is 2.56. The van der Waals surface area contributed by atoms with Gasteiger partial charge >= 0.3 is 0 Å². The molecular weight excluding hydrogens is 272 g/mol. The molecule has 0 spiro atoms. The van der Waals surface area contributed by atoms with Crippen LogP contribution >= 0.6 is 0 Å². The van der Waals surface area contributed by atoms with E-state index < -0.39 is 4.92 Å². The third kappa shape index (κ3) is 2.51. The summed E-state index contributed by atoms with van der Waals surface area (Å²) in [5, 5.41) is 11.2. The molecule has 1 aromatic rings. The summed E-state index contributed by atoms with van der Waals surface area (Å²) in [5.41, 5.74) is 0.868. The normalized spacial score (nSPS) is 24.7. The van der Waals surface area contributed by atoms with Crippen LogP contribution in [-0.2, 0) is 4.74 Å². The van der Waals surface area contributed by atoms with Gasteiger partial charge in [0.25, 0.3) is 5.69 Å². The molecule has 6 heteroatoms.